The lowest BCUT2D eigenvalue weighted by Gasteiger charge is -2.29. The molecule has 1 aliphatic heterocycles. The Bertz CT molecular complexity index is 1180. The monoisotopic (exact) mass is 629 g/mol. The predicted molar refractivity (Wildman–Crippen MR) is 167 cm³/mol. The maximum Gasteiger partial charge on any atom is 0.408 e. The Kier molecular flexibility index (Phi) is 11.1. The van der Waals surface area contributed by atoms with Gasteiger partial charge in [-0.3, -0.25) is 9.59 Å². The highest BCUT2D eigenvalue weighted by Gasteiger charge is 2.47. The number of halogens is 1. The first-order valence-electron chi connectivity index (χ1n) is 16.7. The number of methoxy groups -OCH3 is 1. The molecule has 1 spiro atoms. The third-order valence-electron chi connectivity index (χ3n) is 10.4. The fraction of sp³-hybridized carbons (Fsp3) is 0.706. The fourth-order valence-electron chi connectivity index (χ4n) is 8.12. The molecule has 44 heavy (non-hydrogen) atoms. The van der Waals surface area contributed by atoms with Gasteiger partial charge in [0.1, 0.15) is 18.2 Å². The van der Waals surface area contributed by atoms with Crippen molar-refractivity contribution in [3.63, 3.8) is 0 Å². The molecule has 1 aromatic rings. The van der Waals surface area contributed by atoms with Gasteiger partial charge in [0.15, 0.2) is 0 Å². The summed E-state index contributed by atoms with van der Waals surface area (Å²) in [5.74, 6) is -1.02. The normalized spacial score (nSPS) is 26.1. The van der Waals surface area contributed by atoms with E-state index in [1.165, 1.54) is 13.5 Å². The first kappa shape index (κ1) is 32.6. The third kappa shape index (κ3) is 8.46. The molecule has 10 heteroatoms. The van der Waals surface area contributed by atoms with Gasteiger partial charge in [-0.1, -0.05) is 68.7 Å². The molecule has 1 heterocycles. The van der Waals surface area contributed by atoms with E-state index in [4.69, 9.17) is 21.1 Å². The molecule has 1 saturated heterocycles. The number of hydrogen-bond donors (Lipinski definition) is 3. The number of amides is 3. The molecule has 3 saturated carbocycles. The van der Waals surface area contributed by atoms with Crippen molar-refractivity contribution in [1.82, 2.24) is 16.0 Å². The zero-order chi connectivity index (χ0) is 31.1. The average Bonchev–Trinajstić information content (AvgIpc) is 3.72. The maximum atomic E-state index is 13.8. The van der Waals surface area contributed by atoms with Gasteiger partial charge in [0.2, 0.25) is 11.8 Å². The number of benzene rings is 1. The second kappa shape index (κ2) is 15.0. The quantitative estimate of drug-likeness (QED) is 0.273. The van der Waals surface area contributed by atoms with E-state index in [1.807, 2.05) is 24.3 Å². The van der Waals surface area contributed by atoms with Crippen LogP contribution in [0.15, 0.2) is 24.3 Å². The van der Waals surface area contributed by atoms with Gasteiger partial charge in [0, 0.05) is 22.4 Å². The third-order valence-corrected chi connectivity index (χ3v) is 10.7. The van der Waals surface area contributed by atoms with Crippen LogP contribution in [0.3, 0.4) is 0 Å². The van der Waals surface area contributed by atoms with E-state index in [0.29, 0.717) is 23.8 Å². The lowest BCUT2D eigenvalue weighted by atomic mass is 9.84. The number of esters is 1. The molecule has 0 aromatic heterocycles. The number of rotatable bonds is 11. The molecular weight excluding hydrogens is 582 g/mol. The molecule has 5 atom stereocenters. The molecule has 4 fully saturated rings. The summed E-state index contributed by atoms with van der Waals surface area (Å²) in [7, 11) is 1.28. The molecule has 4 aliphatic rings. The minimum atomic E-state index is -0.983. The second-order valence-electron chi connectivity index (χ2n) is 13.6. The van der Waals surface area contributed by atoms with Crippen molar-refractivity contribution in [2.45, 2.75) is 126 Å². The molecule has 3 aliphatic carbocycles. The summed E-state index contributed by atoms with van der Waals surface area (Å²) >= 11 is 6.18. The van der Waals surface area contributed by atoms with Crippen LogP contribution in [-0.4, -0.2) is 54.7 Å². The number of hydrogen-bond acceptors (Lipinski definition) is 6. The van der Waals surface area contributed by atoms with Gasteiger partial charge in [-0.25, -0.2) is 9.59 Å². The first-order valence-corrected chi connectivity index (χ1v) is 17.0. The van der Waals surface area contributed by atoms with E-state index in [2.05, 4.69) is 16.0 Å². The Labute approximate surface area is 265 Å². The highest BCUT2D eigenvalue weighted by molar-refractivity contribution is 6.30. The van der Waals surface area contributed by atoms with Crippen LogP contribution >= 0.6 is 11.6 Å². The minimum absolute atomic E-state index is 0.0700. The van der Waals surface area contributed by atoms with Crippen molar-refractivity contribution in [2.24, 2.45) is 17.8 Å². The SMILES string of the molecule is COC(=O)C(CC1CC2(CCCC2)NC1=O)NC(=O)C(CC1CCCCC1)NC(=O)OC1CCCC1Cc1cccc(Cl)c1. The number of carbonyl (C=O) groups excluding carboxylic acids is 4. The van der Waals surface area contributed by atoms with Gasteiger partial charge in [-0.2, -0.15) is 0 Å². The largest absolute Gasteiger partial charge is 0.467 e. The van der Waals surface area contributed by atoms with Gasteiger partial charge in [-0.15, -0.1) is 0 Å². The van der Waals surface area contributed by atoms with Crippen LogP contribution in [0.1, 0.15) is 102 Å². The van der Waals surface area contributed by atoms with Crippen LogP contribution in [0.25, 0.3) is 0 Å². The Morgan fingerprint density at radius 2 is 1.75 bits per heavy atom. The number of alkyl carbamates (subject to hydrolysis) is 1. The zero-order valence-electron chi connectivity index (χ0n) is 25.9. The standard InChI is InChI=1S/C34H48ClN3O6/c1-43-32(41)28(20-25-21-34(38-30(25)39)15-5-6-16-34)36-31(40)27(19-22-9-3-2-4-10-22)37-33(42)44-29-14-8-12-24(29)17-23-11-7-13-26(35)18-23/h7,11,13,18,22,24-25,27-29H,2-6,8-10,12,14-17,19-21H2,1H3,(H,36,40)(H,37,42)(H,38,39). The second-order valence-corrected chi connectivity index (χ2v) is 14.0. The molecule has 9 nitrogen and oxygen atoms in total. The van der Waals surface area contributed by atoms with Crippen LogP contribution in [0.5, 0.6) is 0 Å². The van der Waals surface area contributed by atoms with Crippen LogP contribution in [0.4, 0.5) is 4.79 Å². The molecule has 242 valence electrons. The summed E-state index contributed by atoms with van der Waals surface area (Å²) in [6, 6.07) is 5.91. The summed E-state index contributed by atoms with van der Waals surface area (Å²) in [5, 5.41) is 9.57. The van der Waals surface area contributed by atoms with Gasteiger partial charge < -0.3 is 25.4 Å². The Hall–Kier alpha value is -2.81. The van der Waals surface area contributed by atoms with Gasteiger partial charge in [0.05, 0.1) is 7.11 Å². The van der Waals surface area contributed by atoms with E-state index >= 15 is 0 Å². The van der Waals surface area contributed by atoms with Crippen LogP contribution in [-0.2, 0) is 30.3 Å². The smallest absolute Gasteiger partial charge is 0.408 e. The van der Waals surface area contributed by atoms with Gasteiger partial charge >= 0.3 is 12.1 Å². The van der Waals surface area contributed by atoms with Crippen LogP contribution in [0.2, 0.25) is 5.02 Å². The van der Waals surface area contributed by atoms with E-state index in [1.54, 1.807) is 0 Å². The lowest BCUT2D eigenvalue weighted by Crippen LogP contribution is -2.53. The zero-order valence-corrected chi connectivity index (χ0v) is 26.7. The number of ether oxygens (including phenoxy) is 2. The molecule has 3 amide bonds. The maximum absolute atomic E-state index is 13.8. The number of nitrogens with one attached hydrogen (secondary N) is 3. The van der Waals surface area contributed by atoms with Crippen molar-refractivity contribution in [1.29, 1.82) is 0 Å². The Balaban J connectivity index is 1.23. The van der Waals surface area contributed by atoms with E-state index in [0.717, 1.165) is 82.6 Å². The Morgan fingerprint density at radius 3 is 2.48 bits per heavy atom. The molecule has 5 unspecified atom stereocenters. The molecule has 0 radical (unpaired) electrons. The first-order chi connectivity index (χ1) is 21.2. The highest BCUT2D eigenvalue weighted by Crippen LogP contribution is 2.40. The van der Waals surface area contributed by atoms with E-state index in [9.17, 15) is 19.2 Å². The topological polar surface area (TPSA) is 123 Å². The molecule has 3 N–H and O–H groups in total. The predicted octanol–water partition coefficient (Wildman–Crippen LogP) is 5.61. The summed E-state index contributed by atoms with van der Waals surface area (Å²) in [5.41, 5.74) is 0.920. The molecule has 1 aromatic carbocycles. The van der Waals surface area contributed by atoms with Crippen molar-refractivity contribution in [3.8, 4) is 0 Å². The van der Waals surface area contributed by atoms with Crippen LogP contribution in [0, 0.1) is 17.8 Å². The van der Waals surface area contributed by atoms with Gasteiger partial charge in [-0.05, 0) is 81.4 Å². The fourth-order valence-corrected chi connectivity index (χ4v) is 8.34. The van der Waals surface area contributed by atoms with E-state index < -0.39 is 30.1 Å². The average molecular weight is 630 g/mol. The minimum Gasteiger partial charge on any atom is -0.467 e. The van der Waals surface area contributed by atoms with E-state index in [-0.39, 0.29) is 35.8 Å². The summed E-state index contributed by atoms with van der Waals surface area (Å²) in [6.45, 7) is 0. The van der Waals surface area contributed by atoms with Crippen LogP contribution < -0.4 is 16.0 Å². The van der Waals surface area contributed by atoms with Gasteiger partial charge in [0.25, 0.3) is 0 Å². The summed E-state index contributed by atoms with van der Waals surface area (Å²) in [4.78, 5) is 52.7. The summed E-state index contributed by atoms with van der Waals surface area (Å²) < 4.78 is 11.0. The summed E-state index contributed by atoms with van der Waals surface area (Å²) in [6.07, 6.45) is 13.3. The van der Waals surface area contributed by atoms with Crippen molar-refractivity contribution < 1.29 is 28.7 Å². The number of carbonyl (C=O) groups is 4. The molecule has 0 bridgehead atoms. The lowest BCUT2D eigenvalue weighted by molar-refractivity contribution is -0.146. The van der Waals surface area contributed by atoms with Crippen molar-refractivity contribution in [2.75, 3.05) is 7.11 Å². The van der Waals surface area contributed by atoms with Crippen molar-refractivity contribution >= 4 is 35.5 Å². The molecule has 5 rings (SSSR count). The highest BCUT2D eigenvalue weighted by atomic mass is 35.5. The Morgan fingerprint density at radius 1 is 0.977 bits per heavy atom. The molecular formula is C34H48ClN3O6. The van der Waals surface area contributed by atoms with Crippen molar-refractivity contribution in [3.05, 3.63) is 34.9 Å².